The number of hydrogen-bond acceptors (Lipinski definition) is 3. The summed E-state index contributed by atoms with van der Waals surface area (Å²) in [6, 6.07) is 62.2. The van der Waals surface area contributed by atoms with Crippen LogP contribution in [0.3, 0.4) is 0 Å². The zero-order valence-electron chi connectivity index (χ0n) is 30.3. The monoisotopic (exact) mass is 696 g/mol. The van der Waals surface area contributed by atoms with E-state index in [-0.39, 0.29) is 23.9 Å². The number of nitrogens with zero attached hydrogens (tertiary/aromatic N) is 1. The first kappa shape index (κ1) is 31.5. The number of benzene rings is 8. The maximum absolute atomic E-state index is 3.89. The predicted molar refractivity (Wildman–Crippen MR) is 224 cm³/mol. The number of para-hydroxylation sites is 1. The van der Waals surface area contributed by atoms with Gasteiger partial charge in [-0.15, -0.1) is 0 Å². The Labute approximate surface area is 315 Å². The minimum Gasteiger partial charge on any atom is -0.309 e. The molecule has 4 nitrogen and oxygen atoms in total. The number of rotatable bonds is 4. The van der Waals surface area contributed by atoms with Crippen molar-refractivity contribution in [1.29, 1.82) is 0 Å². The highest BCUT2D eigenvalue weighted by Crippen LogP contribution is 2.56. The van der Waals surface area contributed by atoms with Crippen LogP contribution in [0.15, 0.2) is 170 Å². The van der Waals surface area contributed by atoms with Crippen LogP contribution in [0.5, 0.6) is 0 Å². The lowest BCUT2D eigenvalue weighted by Crippen LogP contribution is -2.54. The Balaban J connectivity index is 1.10. The number of nitrogens with one attached hydrogen (secondary N) is 3. The van der Waals surface area contributed by atoms with E-state index in [4.69, 9.17) is 0 Å². The van der Waals surface area contributed by atoms with Crippen LogP contribution in [-0.4, -0.2) is 4.57 Å². The fourth-order valence-corrected chi connectivity index (χ4v) is 9.58. The first-order valence-corrected chi connectivity index (χ1v) is 19.0. The molecule has 1 aromatic heterocycles. The lowest BCUT2D eigenvalue weighted by atomic mass is 9.79. The van der Waals surface area contributed by atoms with Crippen LogP contribution in [0.4, 0.5) is 0 Å². The summed E-state index contributed by atoms with van der Waals surface area (Å²) in [5, 5.41) is 19.5. The van der Waals surface area contributed by atoms with Gasteiger partial charge in [0.1, 0.15) is 0 Å². The quantitative estimate of drug-likeness (QED) is 0.160. The highest BCUT2D eigenvalue weighted by Gasteiger charge is 2.39. The van der Waals surface area contributed by atoms with Crippen LogP contribution >= 0.6 is 0 Å². The molecule has 260 valence electrons. The van der Waals surface area contributed by atoms with Gasteiger partial charge in [-0.3, -0.25) is 16.0 Å². The minimum atomic E-state index is -0.164. The second-order valence-electron chi connectivity index (χ2n) is 15.4. The normalized spacial score (nSPS) is 19.0. The lowest BCUT2D eigenvalue weighted by molar-refractivity contribution is 0.203. The molecule has 0 radical (unpaired) electrons. The van der Waals surface area contributed by atoms with E-state index in [1.165, 1.54) is 82.3 Å². The first-order valence-electron chi connectivity index (χ1n) is 19.0. The van der Waals surface area contributed by atoms with Crippen LogP contribution in [-0.2, 0) is 5.41 Å². The van der Waals surface area contributed by atoms with Gasteiger partial charge in [0.25, 0.3) is 0 Å². The molecule has 8 aromatic carbocycles. The molecule has 54 heavy (non-hydrogen) atoms. The van der Waals surface area contributed by atoms with Crippen molar-refractivity contribution in [3.05, 3.63) is 198 Å². The molecule has 4 heteroatoms. The molecule has 0 bridgehead atoms. The van der Waals surface area contributed by atoms with Gasteiger partial charge in [-0.25, -0.2) is 0 Å². The zero-order valence-corrected chi connectivity index (χ0v) is 30.3. The molecule has 9 aromatic rings. The molecule has 2 unspecified atom stereocenters. The largest absolute Gasteiger partial charge is 0.309 e. The smallest absolute Gasteiger partial charge is 0.0865 e. The van der Waals surface area contributed by atoms with Crippen LogP contribution in [0, 0.1) is 0 Å². The summed E-state index contributed by atoms with van der Waals surface area (Å²) in [4.78, 5) is 0. The third-order valence-corrected chi connectivity index (χ3v) is 12.0. The molecule has 0 saturated carbocycles. The SMILES string of the molecule is CC1(C)c2cc3c4ccccc4n(-c4cccc(C5NC(c6ccccc6)NC(c6ccccc6)N5)c4)c3cc2-c2c1c1ccccc1c1ccccc21. The second kappa shape index (κ2) is 12.0. The minimum absolute atomic E-state index is 0.0311. The van der Waals surface area contributed by atoms with E-state index in [1.807, 2.05) is 0 Å². The van der Waals surface area contributed by atoms with Crippen molar-refractivity contribution in [3.8, 4) is 16.8 Å². The van der Waals surface area contributed by atoms with Crippen LogP contribution in [0.25, 0.3) is 60.2 Å². The van der Waals surface area contributed by atoms with Crippen LogP contribution in [0.2, 0.25) is 0 Å². The zero-order chi connectivity index (χ0) is 36.0. The van der Waals surface area contributed by atoms with Gasteiger partial charge in [-0.05, 0) is 90.8 Å². The van der Waals surface area contributed by atoms with E-state index in [0.717, 1.165) is 5.69 Å². The van der Waals surface area contributed by atoms with Crippen molar-refractivity contribution < 1.29 is 0 Å². The van der Waals surface area contributed by atoms with Gasteiger partial charge in [0.15, 0.2) is 0 Å². The Kier molecular flexibility index (Phi) is 6.99. The fourth-order valence-electron chi connectivity index (χ4n) is 9.58. The molecule has 11 rings (SSSR count). The van der Waals surface area contributed by atoms with Crippen molar-refractivity contribution in [3.63, 3.8) is 0 Å². The molecule has 2 atom stereocenters. The van der Waals surface area contributed by atoms with Gasteiger partial charge in [0, 0.05) is 21.9 Å². The fraction of sp³-hybridized carbons (Fsp3) is 0.120. The van der Waals surface area contributed by atoms with Gasteiger partial charge < -0.3 is 4.57 Å². The first-order chi connectivity index (χ1) is 26.5. The molecule has 3 N–H and O–H groups in total. The topological polar surface area (TPSA) is 41.0 Å². The van der Waals surface area contributed by atoms with E-state index in [0.29, 0.717) is 0 Å². The Bertz CT molecular complexity index is 2860. The van der Waals surface area contributed by atoms with E-state index >= 15 is 0 Å². The van der Waals surface area contributed by atoms with Gasteiger partial charge >= 0.3 is 0 Å². The van der Waals surface area contributed by atoms with Crippen molar-refractivity contribution in [2.45, 2.75) is 37.8 Å². The molecular weight excluding hydrogens is 657 g/mol. The lowest BCUT2D eigenvalue weighted by Gasteiger charge is -2.39. The number of fused-ring (bicyclic) bond motifs is 11. The summed E-state index contributed by atoms with van der Waals surface area (Å²) in [6.07, 6.45) is -0.154. The highest BCUT2D eigenvalue weighted by atomic mass is 15.4. The van der Waals surface area contributed by atoms with Crippen molar-refractivity contribution in [2.24, 2.45) is 0 Å². The molecule has 1 fully saturated rings. The number of aromatic nitrogens is 1. The third-order valence-electron chi connectivity index (χ3n) is 12.0. The summed E-state index contributed by atoms with van der Waals surface area (Å²) in [6.45, 7) is 4.83. The Morgan fingerprint density at radius 3 is 1.61 bits per heavy atom. The van der Waals surface area contributed by atoms with Gasteiger partial charge in [0.05, 0.1) is 29.5 Å². The molecule has 1 aliphatic heterocycles. The summed E-state index contributed by atoms with van der Waals surface area (Å²) >= 11 is 0. The second-order valence-corrected chi connectivity index (χ2v) is 15.4. The van der Waals surface area contributed by atoms with Crippen molar-refractivity contribution in [2.75, 3.05) is 0 Å². The van der Waals surface area contributed by atoms with Crippen molar-refractivity contribution in [1.82, 2.24) is 20.5 Å². The van der Waals surface area contributed by atoms with E-state index < -0.39 is 0 Å². The molecular formula is C50H40N4. The van der Waals surface area contributed by atoms with Crippen LogP contribution in [0.1, 0.15) is 60.2 Å². The molecule has 0 amide bonds. The number of hydrogen-bond donors (Lipinski definition) is 3. The van der Waals surface area contributed by atoms with E-state index in [9.17, 15) is 0 Å². The van der Waals surface area contributed by atoms with E-state index in [2.05, 4.69) is 204 Å². The molecule has 0 spiro atoms. The summed E-state index contributed by atoms with van der Waals surface area (Å²) in [5.41, 5.74) is 12.6. The summed E-state index contributed by atoms with van der Waals surface area (Å²) < 4.78 is 2.48. The maximum Gasteiger partial charge on any atom is 0.0865 e. The van der Waals surface area contributed by atoms with Crippen molar-refractivity contribution >= 4 is 43.4 Å². The Hall–Kier alpha value is -6.04. The Morgan fingerprint density at radius 1 is 0.426 bits per heavy atom. The predicted octanol–water partition coefficient (Wildman–Crippen LogP) is 11.6. The third kappa shape index (κ3) is 4.68. The van der Waals surface area contributed by atoms with Crippen LogP contribution < -0.4 is 16.0 Å². The van der Waals surface area contributed by atoms with Gasteiger partial charge in [-0.2, -0.15) is 0 Å². The van der Waals surface area contributed by atoms with E-state index in [1.54, 1.807) is 0 Å². The molecule has 1 aliphatic carbocycles. The molecule has 1 saturated heterocycles. The standard InChI is InChI=1S/C50H40N4/c1-50(2)42-29-40-37-24-13-14-27-43(37)54(44(40)30-41(42)45-38-25-11-9-22-35(38)36-23-10-12-26-39(36)46(45)50)34-21-15-20-33(28-34)49-52-47(31-16-5-3-6-17-31)51-48(53-49)32-18-7-4-8-19-32/h3-30,47-49,51-53H,1-2H3. The summed E-state index contributed by atoms with van der Waals surface area (Å²) in [5.74, 6) is 0. The average Bonchev–Trinajstić information content (AvgIpc) is 3.68. The average molecular weight is 697 g/mol. The molecule has 2 aliphatic rings. The van der Waals surface area contributed by atoms with Gasteiger partial charge in [-0.1, -0.05) is 153 Å². The maximum atomic E-state index is 3.89. The van der Waals surface area contributed by atoms with Gasteiger partial charge in [0.2, 0.25) is 0 Å². The highest BCUT2D eigenvalue weighted by molar-refractivity contribution is 6.20. The summed E-state index contributed by atoms with van der Waals surface area (Å²) in [7, 11) is 0. The Morgan fingerprint density at radius 2 is 0.944 bits per heavy atom. The molecule has 2 heterocycles.